The van der Waals surface area contributed by atoms with E-state index in [1.807, 2.05) is 18.2 Å². The van der Waals surface area contributed by atoms with Gasteiger partial charge in [0, 0.05) is 6.42 Å². The second-order valence-corrected chi connectivity index (χ2v) is 6.15. The molecule has 27 heavy (non-hydrogen) atoms. The molecule has 0 aliphatic carbocycles. The van der Waals surface area contributed by atoms with Crippen molar-refractivity contribution in [3.8, 4) is 11.5 Å². The molecule has 0 saturated carbocycles. The van der Waals surface area contributed by atoms with Crippen molar-refractivity contribution in [3.63, 3.8) is 0 Å². The number of benzene rings is 2. The van der Waals surface area contributed by atoms with Crippen LogP contribution in [0.25, 0.3) is 0 Å². The van der Waals surface area contributed by atoms with Crippen molar-refractivity contribution >= 4 is 17.6 Å². The molecule has 1 amide bonds. The second kappa shape index (κ2) is 9.07. The Morgan fingerprint density at radius 3 is 2.67 bits per heavy atom. The zero-order chi connectivity index (χ0) is 19.1. The van der Waals surface area contributed by atoms with Gasteiger partial charge in [0.05, 0.1) is 17.9 Å². The number of ether oxygens (including phenoxy) is 3. The number of carbonyl (C=O) groups is 2. The molecule has 0 atom stereocenters. The van der Waals surface area contributed by atoms with Crippen molar-refractivity contribution in [2.75, 3.05) is 25.1 Å². The van der Waals surface area contributed by atoms with Crippen molar-refractivity contribution in [2.24, 2.45) is 0 Å². The molecule has 1 aliphatic rings. The van der Waals surface area contributed by atoms with Crippen LogP contribution in [0.15, 0.2) is 42.5 Å². The van der Waals surface area contributed by atoms with E-state index in [1.165, 1.54) is 0 Å². The van der Waals surface area contributed by atoms with Gasteiger partial charge in [-0.3, -0.25) is 4.79 Å². The summed E-state index contributed by atoms with van der Waals surface area (Å²) in [6, 6.07) is 12.7. The van der Waals surface area contributed by atoms with Crippen LogP contribution in [0.1, 0.15) is 35.7 Å². The highest BCUT2D eigenvalue weighted by Crippen LogP contribution is 2.31. The summed E-state index contributed by atoms with van der Waals surface area (Å²) in [4.78, 5) is 24.2. The number of fused-ring (bicyclic) bond motifs is 1. The van der Waals surface area contributed by atoms with E-state index in [2.05, 4.69) is 5.32 Å². The first kappa shape index (κ1) is 18.8. The van der Waals surface area contributed by atoms with Crippen LogP contribution in [-0.2, 0) is 16.0 Å². The maximum Gasteiger partial charge on any atom is 0.340 e. The summed E-state index contributed by atoms with van der Waals surface area (Å²) in [5, 5.41) is 2.80. The molecular weight excluding hydrogens is 346 g/mol. The molecule has 0 spiro atoms. The van der Waals surface area contributed by atoms with Crippen molar-refractivity contribution in [1.29, 1.82) is 0 Å². The summed E-state index contributed by atoms with van der Waals surface area (Å²) in [6.45, 7) is 3.16. The van der Waals surface area contributed by atoms with Gasteiger partial charge in [-0.1, -0.05) is 18.2 Å². The first-order valence-electron chi connectivity index (χ1n) is 9.12. The highest BCUT2D eigenvalue weighted by atomic mass is 16.6. The molecule has 1 aliphatic heterocycles. The Morgan fingerprint density at radius 2 is 1.85 bits per heavy atom. The third-order valence-electron chi connectivity index (χ3n) is 4.17. The largest absolute Gasteiger partial charge is 0.486 e. The van der Waals surface area contributed by atoms with E-state index in [-0.39, 0.29) is 12.5 Å². The van der Waals surface area contributed by atoms with E-state index in [1.54, 1.807) is 31.2 Å². The average molecular weight is 369 g/mol. The third kappa shape index (κ3) is 5.00. The van der Waals surface area contributed by atoms with Crippen molar-refractivity contribution in [2.45, 2.75) is 26.2 Å². The van der Waals surface area contributed by atoms with Gasteiger partial charge in [-0.15, -0.1) is 0 Å². The average Bonchev–Trinajstić information content (AvgIpc) is 2.68. The van der Waals surface area contributed by atoms with Crippen LogP contribution < -0.4 is 14.8 Å². The topological polar surface area (TPSA) is 73.9 Å². The van der Waals surface area contributed by atoms with Gasteiger partial charge in [-0.25, -0.2) is 4.79 Å². The number of para-hydroxylation sites is 1. The van der Waals surface area contributed by atoms with Gasteiger partial charge in [-0.05, 0) is 49.6 Å². The zero-order valence-electron chi connectivity index (χ0n) is 15.3. The molecule has 6 nitrogen and oxygen atoms in total. The maximum absolute atomic E-state index is 12.3. The Kier molecular flexibility index (Phi) is 6.30. The van der Waals surface area contributed by atoms with Crippen LogP contribution in [0.3, 0.4) is 0 Å². The SMILES string of the molecule is CCOC(=O)c1ccccc1NC(=O)CCCc1ccc2c(c1)OCCO2. The summed E-state index contributed by atoms with van der Waals surface area (Å²) in [7, 11) is 0. The number of aryl methyl sites for hydroxylation is 1. The number of rotatable bonds is 7. The summed E-state index contributed by atoms with van der Waals surface area (Å²) >= 11 is 0. The molecule has 1 heterocycles. The first-order valence-corrected chi connectivity index (χ1v) is 9.12. The van der Waals surface area contributed by atoms with Gasteiger partial charge in [0.15, 0.2) is 11.5 Å². The molecule has 1 N–H and O–H groups in total. The number of amides is 1. The highest BCUT2D eigenvalue weighted by Gasteiger charge is 2.14. The molecule has 0 fully saturated rings. The van der Waals surface area contributed by atoms with Gasteiger partial charge < -0.3 is 19.5 Å². The lowest BCUT2D eigenvalue weighted by molar-refractivity contribution is -0.116. The van der Waals surface area contributed by atoms with Crippen molar-refractivity contribution in [3.05, 3.63) is 53.6 Å². The number of hydrogen-bond donors (Lipinski definition) is 1. The quantitative estimate of drug-likeness (QED) is 0.755. The zero-order valence-corrected chi connectivity index (χ0v) is 15.3. The van der Waals surface area contributed by atoms with E-state index in [0.717, 1.165) is 23.5 Å². The fourth-order valence-electron chi connectivity index (χ4n) is 2.89. The fourth-order valence-corrected chi connectivity index (χ4v) is 2.89. The Balaban J connectivity index is 1.53. The Hall–Kier alpha value is -3.02. The van der Waals surface area contributed by atoms with E-state index in [4.69, 9.17) is 14.2 Å². The predicted molar refractivity (Wildman–Crippen MR) is 101 cm³/mol. The minimum Gasteiger partial charge on any atom is -0.486 e. The summed E-state index contributed by atoms with van der Waals surface area (Å²) < 4.78 is 16.1. The number of carbonyl (C=O) groups excluding carboxylic acids is 2. The van der Waals surface area contributed by atoms with Crippen LogP contribution in [0.4, 0.5) is 5.69 Å². The van der Waals surface area contributed by atoms with Gasteiger partial charge in [0.2, 0.25) is 5.91 Å². The van der Waals surface area contributed by atoms with Crippen LogP contribution in [0.2, 0.25) is 0 Å². The molecular formula is C21H23NO5. The van der Waals surface area contributed by atoms with Gasteiger partial charge >= 0.3 is 5.97 Å². The normalized spacial score (nSPS) is 12.3. The van der Waals surface area contributed by atoms with Gasteiger partial charge in [0.25, 0.3) is 0 Å². The minimum atomic E-state index is -0.440. The lowest BCUT2D eigenvalue weighted by Crippen LogP contribution is -2.16. The van der Waals surface area contributed by atoms with Crippen molar-refractivity contribution < 1.29 is 23.8 Å². The third-order valence-corrected chi connectivity index (χ3v) is 4.17. The highest BCUT2D eigenvalue weighted by molar-refractivity contribution is 6.01. The molecule has 2 aromatic carbocycles. The van der Waals surface area contributed by atoms with Crippen LogP contribution >= 0.6 is 0 Å². The molecule has 0 unspecified atom stereocenters. The van der Waals surface area contributed by atoms with Gasteiger partial charge in [-0.2, -0.15) is 0 Å². The van der Waals surface area contributed by atoms with Crippen LogP contribution in [0.5, 0.6) is 11.5 Å². The summed E-state index contributed by atoms with van der Waals surface area (Å²) in [5.41, 5.74) is 1.93. The number of anilines is 1. The Bertz CT molecular complexity index is 818. The molecule has 142 valence electrons. The molecule has 0 radical (unpaired) electrons. The molecule has 2 aromatic rings. The minimum absolute atomic E-state index is 0.135. The fraction of sp³-hybridized carbons (Fsp3) is 0.333. The maximum atomic E-state index is 12.3. The van der Waals surface area contributed by atoms with E-state index in [0.29, 0.717) is 37.3 Å². The monoisotopic (exact) mass is 369 g/mol. The second-order valence-electron chi connectivity index (χ2n) is 6.15. The smallest absolute Gasteiger partial charge is 0.340 e. The van der Waals surface area contributed by atoms with E-state index >= 15 is 0 Å². The lowest BCUT2D eigenvalue weighted by Gasteiger charge is -2.18. The van der Waals surface area contributed by atoms with Crippen molar-refractivity contribution in [1.82, 2.24) is 0 Å². The predicted octanol–water partition coefficient (Wildman–Crippen LogP) is 3.60. The van der Waals surface area contributed by atoms with E-state index < -0.39 is 5.97 Å². The first-order chi connectivity index (χ1) is 13.2. The van der Waals surface area contributed by atoms with Gasteiger partial charge in [0.1, 0.15) is 13.2 Å². The molecule has 3 rings (SSSR count). The Labute approximate surface area is 158 Å². The summed E-state index contributed by atoms with van der Waals surface area (Å²) in [5.74, 6) is 0.943. The van der Waals surface area contributed by atoms with Crippen LogP contribution in [0, 0.1) is 0 Å². The number of esters is 1. The molecule has 0 saturated heterocycles. The lowest BCUT2D eigenvalue weighted by atomic mass is 10.1. The molecule has 0 bridgehead atoms. The summed E-state index contributed by atoms with van der Waals surface area (Å²) in [6.07, 6.45) is 1.79. The molecule has 0 aromatic heterocycles. The van der Waals surface area contributed by atoms with Crippen LogP contribution in [-0.4, -0.2) is 31.7 Å². The number of nitrogens with one attached hydrogen (secondary N) is 1. The van der Waals surface area contributed by atoms with E-state index in [9.17, 15) is 9.59 Å². The number of hydrogen-bond acceptors (Lipinski definition) is 5. The Morgan fingerprint density at radius 1 is 1.07 bits per heavy atom. The molecule has 6 heteroatoms. The standard InChI is InChI=1S/C21H23NO5/c1-2-25-21(24)16-7-3-4-8-17(16)22-20(23)9-5-6-15-10-11-18-19(14-15)27-13-12-26-18/h3-4,7-8,10-11,14H,2,5-6,9,12-13H2,1H3,(H,22,23).